The van der Waals surface area contributed by atoms with Gasteiger partial charge in [-0.15, -0.1) is 11.3 Å². The van der Waals surface area contributed by atoms with Crippen molar-refractivity contribution in [2.45, 2.75) is 32.1 Å². The fraction of sp³-hybridized carbons (Fsp3) is 0.368. The second-order valence-electron chi connectivity index (χ2n) is 6.09. The largest absolute Gasteiger partial charge is 0.396 e. The molecule has 1 heterocycles. The molecule has 1 aromatic heterocycles. The molecule has 2 unspecified atom stereocenters. The quantitative estimate of drug-likeness (QED) is 0.806. The van der Waals surface area contributed by atoms with Crippen LogP contribution in [-0.2, 0) is 12.8 Å². The Hall–Kier alpha value is -1.38. The third-order valence-electron chi connectivity index (χ3n) is 4.45. The first-order valence-corrected chi connectivity index (χ1v) is 8.36. The molecule has 0 amide bonds. The van der Waals surface area contributed by atoms with Crippen molar-refractivity contribution in [3.63, 3.8) is 0 Å². The summed E-state index contributed by atoms with van der Waals surface area (Å²) in [6, 6.07) is 0. The highest BCUT2D eigenvalue weighted by molar-refractivity contribution is 7.12. The van der Waals surface area contributed by atoms with E-state index in [9.17, 15) is 5.11 Å². The summed E-state index contributed by atoms with van der Waals surface area (Å²) in [5, 5.41) is 9.68. The van der Waals surface area contributed by atoms with Gasteiger partial charge in [0.1, 0.15) is 0 Å². The molecule has 2 atom stereocenters. The fourth-order valence-electron chi connectivity index (χ4n) is 3.37. The second-order valence-corrected chi connectivity index (χ2v) is 7.23. The predicted molar refractivity (Wildman–Crippen MR) is 91.8 cm³/mol. The average molecular weight is 298 g/mol. The van der Waals surface area contributed by atoms with Gasteiger partial charge < -0.3 is 5.11 Å². The Balaban J connectivity index is 2.10. The summed E-state index contributed by atoms with van der Waals surface area (Å²) < 4.78 is 0. The van der Waals surface area contributed by atoms with Gasteiger partial charge in [-0.3, -0.25) is 0 Å². The van der Waals surface area contributed by atoms with Crippen molar-refractivity contribution in [2.75, 3.05) is 6.61 Å². The standard InChI is InChI=1S/C19H22OS/c1-12(2)18-16-9-8-13(3)10-17(16)21-19(18)15-7-5-4-6-14(15)11-20/h4-7,14-15,20H,1,3,8-11H2,2H3. The monoisotopic (exact) mass is 298 g/mol. The molecule has 0 saturated heterocycles. The van der Waals surface area contributed by atoms with Gasteiger partial charge in [0, 0.05) is 28.0 Å². The molecule has 0 aromatic carbocycles. The first-order chi connectivity index (χ1) is 10.1. The van der Waals surface area contributed by atoms with Gasteiger partial charge in [-0.2, -0.15) is 0 Å². The number of fused-ring (bicyclic) bond motifs is 1. The van der Waals surface area contributed by atoms with Gasteiger partial charge in [-0.05, 0) is 36.5 Å². The van der Waals surface area contributed by atoms with Crippen LogP contribution in [0.4, 0.5) is 0 Å². The van der Waals surface area contributed by atoms with E-state index in [0.717, 1.165) is 24.8 Å². The molecule has 1 nitrogen and oxygen atoms in total. The van der Waals surface area contributed by atoms with Crippen molar-refractivity contribution < 1.29 is 5.11 Å². The molecular formula is C19H22OS. The molecule has 0 fully saturated rings. The summed E-state index contributed by atoms with van der Waals surface area (Å²) in [6.45, 7) is 10.7. The van der Waals surface area contributed by atoms with Gasteiger partial charge in [0.25, 0.3) is 0 Å². The van der Waals surface area contributed by atoms with Crippen LogP contribution in [0.25, 0.3) is 5.57 Å². The molecule has 21 heavy (non-hydrogen) atoms. The van der Waals surface area contributed by atoms with Crippen LogP contribution in [0.5, 0.6) is 0 Å². The van der Waals surface area contributed by atoms with E-state index in [0.29, 0.717) is 0 Å². The van der Waals surface area contributed by atoms with Crippen LogP contribution in [0.3, 0.4) is 0 Å². The van der Waals surface area contributed by atoms with E-state index in [1.54, 1.807) is 0 Å². The zero-order valence-corrected chi connectivity index (χ0v) is 13.4. The number of aliphatic hydroxyl groups excluding tert-OH is 1. The third-order valence-corrected chi connectivity index (χ3v) is 5.78. The van der Waals surface area contributed by atoms with Crippen LogP contribution in [0.1, 0.15) is 40.1 Å². The molecule has 1 aromatic rings. The Morgan fingerprint density at radius 2 is 2.10 bits per heavy atom. The molecule has 3 rings (SSSR count). The molecule has 0 spiro atoms. The van der Waals surface area contributed by atoms with Crippen LogP contribution in [0.2, 0.25) is 0 Å². The van der Waals surface area contributed by atoms with E-state index >= 15 is 0 Å². The molecule has 2 aliphatic carbocycles. The maximum absolute atomic E-state index is 9.68. The molecule has 2 aliphatic rings. The number of hydrogen-bond donors (Lipinski definition) is 1. The molecule has 0 bridgehead atoms. The average Bonchev–Trinajstić information content (AvgIpc) is 2.85. The first-order valence-electron chi connectivity index (χ1n) is 7.54. The van der Waals surface area contributed by atoms with Crippen molar-refractivity contribution in [2.24, 2.45) is 5.92 Å². The highest BCUT2D eigenvalue weighted by Gasteiger charge is 2.29. The summed E-state index contributed by atoms with van der Waals surface area (Å²) in [5.74, 6) is 0.451. The van der Waals surface area contributed by atoms with Crippen LogP contribution in [0.15, 0.2) is 43.0 Å². The zero-order valence-electron chi connectivity index (χ0n) is 12.6. The van der Waals surface area contributed by atoms with Gasteiger partial charge in [0.15, 0.2) is 0 Å². The highest BCUT2D eigenvalue weighted by Crippen LogP contribution is 2.45. The van der Waals surface area contributed by atoms with E-state index in [-0.39, 0.29) is 18.4 Å². The maximum Gasteiger partial charge on any atom is 0.0503 e. The summed E-state index contributed by atoms with van der Waals surface area (Å²) in [7, 11) is 0. The molecule has 2 heteroatoms. The van der Waals surface area contributed by atoms with Crippen LogP contribution in [0, 0.1) is 5.92 Å². The minimum atomic E-state index is 0.177. The zero-order chi connectivity index (χ0) is 15.0. The number of aliphatic hydroxyl groups is 1. The van der Waals surface area contributed by atoms with Gasteiger partial charge in [0.2, 0.25) is 0 Å². The summed E-state index contributed by atoms with van der Waals surface area (Å²) >= 11 is 1.90. The lowest BCUT2D eigenvalue weighted by Crippen LogP contribution is -2.15. The van der Waals surface area contributed by atoms with Crippen molar-refractivity contribution >= 4 is 16.9 Å². The SMILES string of the molecule is C=C1CCc2c(sc(C3C=CC=CC3CO)c2C(=C)C)C1. The number of thiophene rings is 1. The fourth-order valence-corrected chi connectivity index (χ4v) is 5.03. The van der Waals surface area contributed by atoms with E-state index in [1.165, 1.54) is 26.5 Å². The number of allylic oxidation sites excluding steroid dienone is 5. The molecule has 0 aliphatic heterocycles. The highest BCUT2D eigenvalue weighted by atomic mass is 32.1. The lowest BCUT2D eigenvalue weighted by Gasteiger charge is -2.23. The first kappa shape index (κ1) is 14.6. The Morgan fingerprint density at radius 3 is 2.81 bits per heavy atom. The molecular weight excluding hydrogens is 276 g/mol. The van der Waals surface area contributed by atoms with E-state index < -0.39 is 0 Å². The third kappa shape index (κ3) is 2.58. The van der Waals surface area contributed by atoms with Crippen molar-refractivity contribution in [1.29, 1.82) is 0 Å². The molecule has 110 valence electrons. The minimum absolute atomic E-state index is 0.177. The number of rotatable bonds is 3. The van der Waals surface area contributed by atoms with Crippen LogP contribution < -0.4 is 0 Å². The van der Waals surface area contributed by atoms with Gasteiger partial charge >= 0.3 is 0 Å². The Kier molecular flexibility index (Phi) is 4.01. The summed E-state index contributed by atoms with van der Waals surface area (Å²) in [4.78, 5) is 2.83. The van der Waals surface area contributed by atoms with Crippen molar-refractivity contribution in [3.05, 3.63) is 63.9 Å². The van der Waals surface area contributed by atoms with E-state index in [1.807, 2.05) is 17.4 Å². The molecule has 0 radical (unpaired) electrons. The Labute approximate surface area is 131 Å². The Bertz CT molecular complexity index is 645. The number of hydrogen-bond acceptors (Lipinski definition) is 2. The second kappa shape index (κ2) is 5.78. The topological polar surface area (TPSA) is 20.2 Å². The van der Waals surface area contributed by atoms with Crippen LogP contribution in [-0.4, -0.2) is 11.7 Å². The summed E-state index contributed by atoms with van der Waals surface area (Å²) in [5.41, 5.74) is 5.32. The predicted octanol–water partition coefficient (Wildman–Crippen LogP) is 4.64. The molecule has 1 N–H and O–H groups in total. The van der Waals surface area contributed by atoms with Gasteiger partial charge in [0.05, 0.1) is 6.61 Å². The Morgan fingerprint density at radius 1 is 1.33 bits per heavy atom. The van der Waals surface area contributed by atoms with Crippen LogP contribution >= 0.6 is 11.3 Å². The smallest absolute Gasteiger partial charge is 0.0503 e. The van der Waals surface area contributed by atoms with Gasteiger partial charge in [-0.25, -0.2) is 0 Å². The summed E-state index contributed by atoms with van der Waals surface area (Å²) in [6.07, 6.45) is 11.7. The van der Waals surface area contributed by atoms with E-state index in [2.05, 4.69) is 38.3 Å². The van der Waals surface area contributed by atoms with Gasteiger partial charge in [-0.1, -0.05) is 43.0 Å². The molecule has 0 saturated carbocycles. The normalized spacial score (nSPS) is 24.2. The van der Waals surface area contributed by atoms with Crippen molar-refractivity contribution in [3.8, 4) is 0 Å². The van der Waals surface area contributed by atoms with Crippen molar-refractivity contribution in [1.82, 2.24) is 0 Å². The lowest BCUT2D eigenvalue weighted by molar-refractivity contribution is 0.243. The van der Waals surface area contributed by atoms with E-state index in [4.69, 9.17) is 0 Å². The lowest BCUT2D eigenvalue weighted by atomic mass is 9.82. The minimum Gasteiger partial charge on any atom is -0.396 e. The maximum atomic E-state index is 9.68.